The Morgan fingerprint density at radius 1 is 1.03 bits per heavy atom. The van der Waals surface area contributed by atoms with Crippen LogP contribution in [0.3, 0.4) is 0 Å². The molecule has 4 rings (SSSR count). The molecule has 7 nitrogen and oxygen atoms in total. The number of nitrogens with zero attached hydrogens (tertiary/aromatic N) is 3. The Kier molecular flexibility index (Phi) is 9.99. The first-order chi connectivity index (χ1) is 17.1. The first-order valence-corrected chi connectivity index (χ1v) is 15.5. The summed E-state index contributed by atoms with van der Waals surface area (Å²) >= 11 is 0. The predicted molar refractivity (Wildman–Crippen MR) is 136 cm³/mol. The summed E-state index contributed by atoms with van der Waals surface area (Å²) in [6, 6.07) is 12.4. The molecule has 0 aliphatic carbocycles. The van der Waals surface area contributed by atoms with Gasteiger partial charge in [0.2, 0.25) is 5.91 Å². The zero-order valence-electron chi connectivity index (χ0n) is 21.8. The molecule has 0 unspecified atom stereocenters. The van der Waals surface area contributed by atoms with Crippen molar-refractivity contribution >= 4 is 31.6 Å². The molecular weight excluding hydrogens is 500 g/mol. The minimum absolute atomic E-state index is 0. The molecule has 0 radical (unpaired) electrons. The van der Waals surface area contributed by atoms with E-state index in [1.165, 1.54) is 6.07 Å². The van der Waals surface area contributed by atoms with E-state index in [2.05, 4.69) is 4.99 Å². The topological polar surface area (TPSA) is 93.1 Å². The van der Waals surface area contributed by atoms with E-state index in [-0.39, 0.29) is 53.4 Å². The fraction of sp³-hybridized carbons (Fsp3) is 0.407. The van der Waals surface area contributed by atoms with Crippen LogP contribution < -0.4 is 34.4 Å². The quantitative estimate of drug-likeness (QED) is 0.458. The number of benzene rings is 2. The van der Waals surface area contributed by atoms with Gasteiger partial charge in [-0.2, -0.15) is 0 Å². The number of Topliss-reactive ketones (excluding diaryl/α,β-unsaturated/α-hetero) is 1. The minimum Gasteiger partial charge on any atom is -0.859 e. The van der Waals surface area contributed by atoms with Gasteiger partial charge in [0.05, 0.1) is 5.56 Å². The predicted octanol–water partition coefficient (Wildman–Crippen LogP) is -0.312. The number of ketones is 1. The van der Waals surface area contributed by atoms with E-state index in [1.807, 2.05) is 18.2 Å². The summed E-state index contributed by atoms with van der Waals surface area (Å²) in [5.41, 5.74) is 2.88. The molecule has 2 heterocycles. The molecule has 0 atom stereocenters. The molecule has 10 heteroatoms. The number of rotatable bonds is 7. The van der Waals surface area contributed by atoms with Gasteiger partial charge in [0.25, 0.3) is 5.91 Å². The van der Waals surface area contributed by atoms with Crippen LogP contribution in [0.25, 0.3) is 0 Å². The van der Waals surface area contributed by atoms with Crippen molar-refractivity contribution in [1.82, 2.24) is 9.80 Å². The molecule has 0 spiro atoms. The third kappa shape index (κ3) is 7.45. The molecule has 2 aliphatic rings. The third-order valence-corrected chi connectivity index (χ3v) is 8.23. The molecule has 2 aliphatic heterocycles. The van der Waals surface area contributed by atoms with E-state index < -0.39 is 20.0 Å². The number of carbonyl (C=O) groups excluding carboxylic acids is 3. The molecule has 1 saturated heterocycles. The molecule has 1 fully saturated rings. The van der Waals surface area contributed by atoms with Crippen molar-refractivity contribution in [3.8, 4) is 0 Å². The molecule has 0 aromatic heterocycles. The normalized spacial score (nSPS) is 15.6. The Labute approximate surface area is 240 Å². The van der Waals surface area contributed by atoms with Gasteiger partial charge in [-0.3, -0.25) is 19.4 Å². The van der Waals surface area contributed by atoms with Gasteiger partial charge in [-0.05, 0) is 24.1 Å². The molecule has 190 valence electrons. The Morgan fingerprint density at radius 2 is 1.68 bits per heavy atom. The Balaban J connectivity index is 0.00000380. The van der Waals surface area contributed by atoms with Crippen LogP contribution in [0.1, 0.15) is 44.7 Å². The van der Waals surface area contributed by atoms with Gasteiger partial charge in [-0.15, -0.1) is 0 Å². The summed E-state index contributed by atoms with van der Waals surface area (Å²) in [5.74, 6) is -1.02. The SMILES string of the molecule is C[Si](C)([O-])CCCC(=O)N1CCN(C(=O)c2cc(CC3=NCC(=O)c4ccccc43)ccc2F)CC1.[Na+]. The average molecular weight is 532 g/mol. The summed E-state index contributed by atoms with van der Waals surface area (Å²) < 4.78 is 14.7. The summed E-state index contributed by atoms with van der Waals surface area (Å²) in [7, 11) is -2.41. The third-order valence-electron chi connectivity index (χ3n) is 6.67. The van der Waals surface area contributed by atoms with Crippen molar-refractivity contribution in [2.75, 3.05) is 32.7 Å². The van der Waals surface area contributed by atoms with Crippen molar-refractivity contribution in [3.05, 3.63) is 70.5 Å². The summed E-state index contributed by atoms with van der Waals surface area (Å²) in [6.07, 6.45) is 1.33. The molecule has 2 aromatic carbocycles. The summed E-state index contributed by atoms with van der Waals surface area (Å²) in [5, 5.41) is 0. The van der Waals surface area contributed by atoms with E-state index in [1.54, 1.807) is 41.1 Å². The Hall–Kier alpha value is -2.17. The van der Waals surface area contributed by atoms with Crippen molar-refractivity contribution in [2.45, 2.75) is 38.4 Å². The summed E-state index contributed by atoms with van der Waals surface area (Å²) in [4.78, 5) is 57.3. The van der Waals surface area contributed by atoms with E-state index in [0.29, 0.717) is 57.0 Å². The molecular formula is C27H31FN3NaO4Si. The van der Waals surface area contributed by atoms with Gasteiger partial charge in [0.1, 0.15) is 12.4 Å². The summed E-state index contributed by atoms with van der Waals surface area (Å²) in [6.45, 7) is 5.03. The number of aliphatic imine (C=N–C) groups is 1. The Morgan fingerprint density at radius 3 is 2.35 bits per heavy atom. The molecule has 0 bridgehead atoms. The van der Waals surface area contributed by atoms with Crippen LogP contribution in [0, 0.1) is 5.82 Å². The largest absolute Gasteiger partial charge is 1.00 e. The van der Waals surface area contributed by atoms with E-state index in [4.69, 9.17) is 0 Å². The maximum absolute atomic E-state index is 14.7. The van der Waals surface area contributed by atoms with Gasteiger partial charge in [-0.1, -0.05) is 57.8 Å². The van der Waals surface area contributed by atoms with Gasteiger partial charge >= 0.3 is 29.6 Å². The smallest absolute Gasteiger partial charge is 0.859 e. The number of hydrogen-bond acceptors (Lipinski definition) is 5. The van der Waals surface area contributed by atoms with Crippen molar-refractivity contribution < 1.29 is 53.1 Å². The Bertz CT molecular complexity index is 1210. The average Bonchev–Trinajstić information content (AvgIpc) is 2.86. The number of hydrogen-bond donors (Lipinski definition) is 0. The van der Waals surface area contributed by atoms with Crippen LogP contribution in [-0.2, 0) is 11.2 Å². The van der Waals surface area contributed by atoms with Crippen molar-refractivity contribution in [1.29, 1.82) is 0 Å². The van der Waals surface area contributed by atoms with Crippen molar-refractivity contribution in [2.24, 2.45) is 4.99 Å². The second kappa shape index (κ2) is 12.6. The van der Waals surface area contributed by atoms with E-state index in [9.17, 15) is 23.6 Å². The van der Waals surface area contributed by atoms with Gasteiger partial charge in [0, 0.05) is 55.9 Å². The molecule has 0 saturated carbocycles. The van der Waals surface area contributed by atoms with Gasteiger partial charge in [-0.25, -0.2) is 4.39 Å². The maximum atomic E-state index is 14.7. The van der Waals surface area contributed by atoms with Gasteiger partial charge < -0.3 is 14.6 Å². The second-order valence-electron chi connectivity index (χ2n) is 10.0. The number of halogens is 1. The van der Waals surface area contributed by atoms with Crippen LogP contribution in [0.5, 0.6) is 0 Å². The van der Waals surface area contributed by atoms with E-state index >= 15 is 0 Å². The van der Waals surface area contributed by atoms with Crippen LogP contribution in [0.15, 0.2) is 47.5 Å². The zero-order chi connectivity index (χ0) is 25.9. The fourth-order valence-corrected chi connectivity index (χ4v) is 5.69. The van der Waals surface area contributed by atoms with E-state index in [0.717, 1.165) is 16.8 Å². The molecule has 37 heavy (non-hydrogen) atoms. The number of amides is 2. The zero-order valence-corrected chi connectivity index (χ0v) is 24.8. The van der Waals surface area contributed by atoms with Crippen LogP contribution in [0.2, 0.25) is 19.1 Å². The fourth-order valence-electron chi connectivity index (χ4n) is 4.66. The van der Waals surface area contributed by atoms with Crippen LogP contribution in [0.4, 0.5) is 4.39 Å². The number of carbonyl (C=O) groups is 3. The number of fused-ring (bicyclic) bond motifs is 1. The standard InChI is InChI=1S/C27H31FN3O4Si.Na/c1-36(2,35)15-5-8-26(33)30-11-13-31(14-12-30)27(34)22-16-19(9-10-23(22)28)17-24-20-6-3-4-7-21(20)25(32)18-29-24;/h3-4,6-7,9-10,16H,5,8,11-15,17-18H2,1-2H3;/q-1;+1. The molecule has 0 N–H and O–H groups in total. The minimum atomic E-state index is -2.41. The first-order valence-electron chi connectivity index (χ1n) is 12.3. The maximum Gasteiger partial charge on any atom is 1.00 e. The van der Waals surface area contributed by atoms with Crippen LogP contribution >= 0.6 is 0 Å². The van der Waals surface area contributed by atoms with Crippen LogP contribution in [-0.4, -0.2) is 74.2 Å². The molecule has 2 aromatic rings. The first kappa shape index (κ1) is 29.4. The monoisotopic (exact) mass is 531 g/mol. The van der Waals surface area contributed by atoms with Gasteiger partial charge in [0.15, 0.2) is 5.78 Å². The number of piperazine rings is 1. The second-order valence-corrected chi connectivity index (χ2v) is 14.0. The van der Waals surface area contributed by atoms with Crippen molar-refractivity contribution in [3.63, 3.8) is 0 Å². The molecule has 2 amide bonds.